The Morgan fingerprint density at radius 3 is 2.33 bits per heavy atom. The number of rotatable bonds is 7. The van der Waals surface area contributed by atoms with Gasteiger partial charge in [0.25, 0.3) is 0 Å². The minimum absolute atomic E-state index is 0.429. The summed E-state index contributed by atoms with van der Waals surface area (Å²) in [5.74, 6) is 0. The normalized spacial score (nSPS) is 12.6. The van der Waals surface area contributed by atoms with E-state index < -0.39 is 6.10 Å². The Labute approximate surface area is 128 Å². The van der Waals surface area contributed by atoms with Gasteiger partial charge in [0.1, 0.15) is 0 Å². The van der Waals surface area contributed by atoms with Crippen molar-refractivity contribution in [3.05, 3.63) is 71.3 Å². The fraction of sp³-hybridized carbons (Fsp3) is 0.368. The van der Waals surface area contributed by atoms with Crippen molar-refractivity contribution in [1.29, 1.82) is 0 Å². The molecule has 0 bridgehead atoms. The molecule has 0 aliphatic carbocycles. The Morgan fingerprint density at radius 2 is 1.67 bits per heavy atom. The Kier molecular flexibility index (Phi) is 5.97. The minimum atomic E-state index is -0.429. The molecule has 1 unspecified atom stereocenters. The summed E-state index contributed by atoms with van der Waals surface area (Å²) in [6.45, 7) is 6.89. The Hall–Kier alpha value is -1.64. The van der Waals surface area contributed by atoms with Gasteiger partial charge in [0, 0.05) is 13.1 Å². The number of aryl methyl sites for hydroxylation is 1. The van der Waals surface area contributed by atoms with Crippen LogP contribution < -0.4 is 0 Å². The average Bonchev–Trinajstić information content (AvgIpc) is 2.50. The van der Waals surface area contributed by atoms with E-state index in [0.717, 1.165) is 25.1 Å². The highest BCUT2D eigenvalue weighted by Gasteiger charge is 2.13. The van der Waals surface area contributed by atoms with Crippen LogP contribution in [0.25, 0.3) is 0 Å². The van der Waals surface area contributed by atoms with Crippen molar-refractivity contribution in [1.82, 2.24) is 4.90 Å². The summed E-state index contributed by atoms with van der Waals surface area (Å²) in [7, 11) is 0. The van der Waals surface area contributed by atoms with Gasteiger partial charge < -0.3 is 5.11 Å². The van der Waals surface area contributed by atoms with Crippen molar-refractivity contribution in [3.8, 4) is 0 Å². The molecular formula is C19H25NO. The molecular weight excluding hydrogens is 258 g/mol. The number of aliphatic hydroxyl groups excluding tert-OH is 1. The number of hydrogen-bond acceptors (Lipinski definition) is 2. The van der Waals surface area contributed by atoms with Crippen molar-refractivity contribution in [2.75, 3.05) is 13.1 Å². The smallest absolute Gasteiger partial charge is 0.0917 e. The summed E-state index contributed by atoms with van der Waals surface area (Å²) < 4.78 is 0. The molecule has 1 atom stereocenters. The largest absolute Gasteiger partial charge is 0.387 e. The van der Waals surface area contributed by atoms with Crippen LogP contribution in [-0.4, -0.2) is 23.1 Å². The van der Waals surface area contributed by atoms with Crippen LogP contribution in [0.3, 0.4) is 0 Å². The quantitative estimate of drug-likeness (QED) is 0.832. The first kappa shape index (κ1) is 15.7. The third kappa shape index (κ3) is 4.69. The zero-order valence-corrected chi connectivity index (χ0v) is 13.0. The van der Waals surface area contributed by atoms with Crippen molar-refractivity contribution in [2.24, 2.45) is 0 Å². The molecule has 2 heteroatoms. The van der Waals surface area contributed by atoms with E-state index in [1.165, 1.54) is 11.1 Å². The molecule has 2 aromatic carbocycles. The van der Waals surface area contributed by atoms with Gasteiger partial charge in [0.15, 0.2) is 0 Å². The van der Waals surface area contributed by atoms with Crippen molar-refractivity contribution in [2.45, 2.75) is 32.9 Å². The minimum Gasteiger partial charge on any atom is -0.387 e. The van der Waals surface area contributed by atoms with Crippen molar-refractivity contribution < 1.29 is 5.11 Å². The Morgan fingerprint density at radius 1 is 1.00 bits per heavy atom. The summed E-state index contributed by atoms with van der Waals surface area (Å²) in [5, 5.41) is 10.4. The first-order chi connectivity index (χ1) is 10.2. The van der Waals surface area contributed by atoms with Crippen LogP contribution >= 0.6 is 0 Å². The lowest BCUT2D eigenvalue weighted by Gasteiger charge is -2.25. The molecule has 0 amide bonds. The molecule has 0 heterocycles. The molecule has 1 N–H and O–H groups in total. The zero-order valence-electron chi connectivity index (χ0n) is 13.0. The fourth-order valence-corrected chi connectivity index (χ4v) is 2.60. The number of benzene rings is 2. The molecule has 112 valence electrons. The van der Waals surface area contributed by atoms with E-state index >= 15 is 0 Å². The maximum atomic E-state index is 10.4. The van der Waals surface area contributed by atoms with Crippen molar-refractivity contribution >= 4 is 0 Å². The van der Waals surface area contributed by atoms with Crippen LogP contribution in [0.15, 0.2) is 54.6 Å². The van der Waals surface area contributed by atoms with Gasteiger partial charge in [-0.3, -0.25) is 4.90 Å². The summed E-state index contributed by atoms with van der Waals surface area (Å²) in [5.41, 5.74) is 3.64. The van der Waals surface area contributed by atoms with Crippen LogP contribution in [0, 0.1) is 6.92 Å². The van der Waals surface area contributed by atoms with E-state index in [2.05, 4.69) is 43.0 Å². The molecule has 0 saturated heterocycles. The van der Waals surface area contributed by atoms with E-state index in [1.54, 1.807) is 0 Å². The van der Waals surface area contributed by atoms with Gasteiger partial charge in [0.2, 0.25) is 0 Å². The van der Waals surface area contributed by atoms with Crippen LogP contribution in [-0.2, 0) is 6.54 Å². The maximum absolute atomic E-state index is 10.4. The summed E-state index contributed by atoms with van der Waals surface area (Å²) in [6, 6.07) is 18.4. The second-order valence-corrected chi connectivity index (χ2v) is 5.59. The second kappa shape index (κ2) is 7.96. The summed E-state index contributed by atoms with van der Waals surface area (Å²) in [4.78, 5) is 2.33. The van der Waals surface area contributed by atoms with Gasteiger partial charge in [-0.15, -0.1) is 0 Å². The van der Waals surface area contributed by atoms with Gasteiger partial charge in [-0.05, 0) is 36.6 Å². The van der Waals surface area contributed by atoms with Gasteiger partial charge in [-0.1, -0.05) is 61.5 Å². The van der Waals surface area contributed by atoms with Crippen LogP contribution in [0.2, 0.25) is 0 Å². The molecule has 0 saturated carbocycles. The lowest BCUT2D eigenvalue weighted by Crippen LogP contribution is -2.29. The maximum Gasteiger partial charge on any atom is 0.0917 e. The van der Waals surface area contributed by atoms with E-state index in [-0.39, 0.29) is 0 Å². The Bertz CT molecular complexity index is 538. The molecule has 2 nitrogen and oxygen atoms in total. The first-order valence-electron chi connectivity index (χ1n) is 7.70. The topological polar surface area (TPSA) is 23.5 Å². The molecule has 0 aliphatic rings. The van der Waals surface area contributed by atoms with E-state index in [1.807, 2.05) is 30.3 Å². The number of hydrogen-bond donors (Lipinski definition) is 1. The average molecular weight is 283 g/mol. The highest BCUT2D eigenvalue weighted by Crippen LogP contribution is 2.17. The van der Waals surface area contributed by atoms with E-state index in [9.17, 15) is 5.11 Å². The molecule has 21 heavy (non-hydrogen) atoms. The Balaban J connectivity index is 2.04. The predicted octanol–water partition coefficient (Wildman–Crippen LogP) is 3.94. The molecule has 2 rings (SSSR count). The van der Waals surface area contributed by atoms with Gasteiger partial charge >= 0.3 is 0 Å². The molecule has 0 spiro atoms. The lowest BCUT2D eigenvalue weighted by molar-refractivity contribution is 0.109. The third-order valence-electron chi connectivity index (χ3n) is 3.81. The molecule has 0 fully saturated rings. The molecule has 0 aromatic heterocycles. The zero-order chi connectivity index (χ0) is 15.1. The number of nitrogens with zero attached hydrogens (tertiary/aromatic N) is 1. The van der Waals surface area contributed by atoms with Gasteiger partial charge in [-0.2, -0.15) is 0 Å². The molecule has 0 aliphatic heterocycles. The molecule has 2 aromatic rings. The monoisotopic (exact) mass is 283 g/mol. The van der Waals surface area contributed by atoms with E-state index in [0.29, 0.717) is 6.54 Å². The van der Waals surface area contributed by atoms with Crippen molar-refractivity contribution in [3.63, 3.8) is 0 Å². The number of aliphatic hydroxyl groups is 1. The predicted molar refractivity (Wildman–Crippen MR) is 88.1 cm³/mol. The lowest BCUT2D eigenvalue weighted by atomic mass is 10.1. The molecule has 0 radical (unpaired) electrons. The summed E-state index contributed by atoms with van der Waals surface area (Å²) >= 11 is 0. The van der Waals surface area contributed by atoms with Gasteiger partial charge in [0.05, 0.1) is 6.10 Å². The van der Waals surface area contributed by atoms with E-state index in [4.69, 9.17) is 0 Å². The summed E-state index contributed by atoms with van der Waals surface area (Å²) in [6.07, 6.45) is 0.662. The third-order valence-corrected chi connectivity index (χ3v) is 3.81. The highest BCUT2D eigenvalue weighted by atomic mass is 16.3. The first-order valence-corrected chi connectivity index (χ1v) is 7.70. The fourth-order valence-electron chi connectivity index (χ4n) is 2.60. The second-order valence-electron chi connectivity index (χ2n) is 5.59. The van der Waals surface area contributed by atoms with Crippen LogP contribution in [0.4, 0.5) is 0 Å². The van der Waals surface area contributed by atoms with Gasteiger partial charge in [-0.25, -0.2) is 0 Å². The van der Waals surface area contributed by atoms with Crippen LogP contribution in [0.1, 0.15) is 36.1 Å². The van der Waals surface area contributed by atoms with Crippen LogP contribution in [0.5, 0.6) is 0 Å². The highest BCUT2D eigenvalue weighted by molar-refractivity contribution is 5.25. The SMILES string of the molecule is CCCN(Cc1ccccc1C)CC(O)c1ccccc1. The standard InChI is InChI=1S/C19H25NO/c1-3-13-20(14-18-12-8-7-9-16(18)2)15-19(21)17-10-5-4-6-11-17/h4-12,19,21H,3,13-15H2,1-2H3.